The second kappa shape index (κ2) is 6.04. The fraction of sp³-hybridized carbons (Fsp3) is 0.333. The molecular weight excluding hydrogens is 332 g/mol. The van der Waals surface area contributed by atoms with E-state index in [9.17, 15) is 26.9 Å². The predicted molar refractivity (Wildman–Crippen MR) is 72.1 cm³/mol. The van der Waals surface area contributed by atoms with Crippen molar-refractivity contribution < 1.29 is 21.8 Å². The molecule has 20 heavy (non-hydrogen) atoms. The van der Waals surface area contributed by atoms with Crippen molar-refractivity contribution in [3.05, 3.63) is 28.3 Å². The van der Waals surface area contributed by atoms with Crippen molar-refractivity contribution in [3.63, 3.8) is 0 Å². The van der Waals surface area contributed by atoms with Crippen molar-refractivity contribution in [2.24, 2.45) is 0 Å². The van der Waals surface area contributed by atoms with Gasteiger partial charge in [-0.1, -0.05) is 0 Å². The number of sulfonamides is 1. The molecule has 0 radical (unpaired) electrons. The molecule has 0 aliphatic rings. The van der Waals surface area contributed by atoms with E-state index in [-0.39, 0.29) is 5.88 Å². The zero-order valence-corrected chi connectivity index (χ0v) is 12.6. The third kappa shape index (κ3) is 3.45. The number of alkyl halides is 1. The van der Waals surface area contributed by atoms with Crippen molar-refractivity contribution in [2.45, 2.75) is 9.79 Å². The molecule has 0 saturated carbocycles. The highest BCUT2D eigenvalue weighted by molar-refractivity contribution is 7.91. The van der Waals surface area contributed by atoms with Gasteiger partial charge in [-0.2, -0.15) is 0 Å². The smallest absolute Gasteiger partial charge is 0.258 e. The van der Waals surface area contributed by atoms with Crippen LogP contribution in [0.1, 0.15) is 0 Å². The van der Waals surface area contributed by atoms with Gasteiger partial charge in [-0.25, -0.2) is 21.6 Å². The number of hydrogen-bond acceptors (Lipinski definition) is 6. The lowest BCUT2D eigenvalue weighted by molar-refractivity contribution is -0.388. The minimum absolute atomic E-state index is 0.226. The maximum absolute atomic E-state index is 11.8. The zero-order chi connectivity index (χ0) is 15.6. The summed E-state index contributed by atoms with van der Waals surface area (Å²) in [5.41, 5.74) is -0.800. The molecule has 0 aliphatic carbocycles. The second-order valence-electron chi connectivity index (χ2n) is 3.60. The van der Waals surface area contributed by atoms with Gasteiger partial charge in [0.1, 0.15) is 4.90 Å². The molecule has 0 heterocycles. The Morgan fingerprint density at radius 1 is 1.30 bits per heavy atom. The maximum atomic E-state index is 11.8. The summed E-state index contributed by atoms with van der Waals surface area (Å²) >= 11 is 5.34. The van der Waals surface area contributed by atoms with E-state index in [0.29, 0.717) is 6.07 Å². The SMILES string of the molecule is CNS(=O)(=O)c1ccc(S(=O)(=O)CCCl)c([N+](=O)[O-])c1. The summed E-state index contributed by atoms with van der Waals surface area (Å²) in [6, 6.07) is 2.58. The summed E-state index contributed by atoms with van der Waals surface area (Å²) in [6.45, 7) is 0. The van der Waals surface area contributed by atoms with Crippen LogP contribution >= 0.6 is 11.6 Å². The predicted octanol–water partition coefficient (Wildman–Crippen LogP) is 0.515. The van der Waals surface area contributed by atoms with E-state index in [0.717, 1.165) is 19.2 Å². The highest BCUT2D eigenvalue weighted by Crippen LogP contribution is 2.27. The van der Waals surface area contributed by atoms with E-state index in [1.165, 1.54) is 0 Å². The molecule has 1 N–H and O–H groups in total. The molecule has 0 aromatic heterocycles. The Kier molecular flexibility index (Phi) is 5.08. The minimum Gasteiger partial charge on any atom is -0.258 e. The molecule has 11 heteroatoms. The molecule has 0 bridgehead atoms. The van der Waals surface area contributed by atoms with Crippen LogP contribution in [-0.4, -0.2) is 40.4 Å². The molecule has 0 atom stereocenters. The number of rotatable bonds is 6. The van der Waals surface area contributed by atoms with Gasteiger partial charge in [-0.15, -0.1) is 11.6 Å². The lowest BCUT2D eigenvalue weighted by atomic mass is 10.3. The van der Waals surface area contributed by atoms with Crippen LogP contribution in [0.4, 0.5) is 5.69 Å². The Balaban J connectivity index is 3.56. The van der Waals surface area contributed by atoms with E-state index >= 15 is 0 Å². The van der Waals surface area contributed by atoms with Crippen LogP contribution in [0, 0.1) is 10.1 Å². The number of halogens is 1. The highest BCUT2D eigenvalue weighted by atomic mass is 35.5. The van der Waals surface area contributed by atoms with Crippen LogP contribution in [0.3, 0.4) is 0 Å². The van der Waals surface area contributed by atoms with Crippen molar-refractivity contribution in [1.82, 2.24) is 4.72 Å². The van der Waals surface area contributed by atoms with Gasteiger partial charge < -0.3 is 0 Å². The van der Waals surface area contributed by atoms with E-state index in [1.54, 1.807) is 0 Å². The molecule has 1 rings (SSSR count). The first kappa shape index (κ1) is 16.8. The average molecular weight is 343 g/mol. The van der Waals surface area contributed by atoms with Gasteiger partial charge in [-0.3, -0.25) is 10.1 Å². The molecule has 1 aromatic rings. The largest absolute Gasteiger partial charge is 0.289 e. The van der Waals surface area contributed by atoms with Crippen LogP contribution in [0.15, 0.2) is 28.0 Å². The summed E-state index contributed by atoms with van der Waals surface area (Å²) in [4.78, 5) is 9.04. The standard InChI is InChI=1S/C9H11ClN2O6S2/c1-11-20(17,18)7-2-3-9(8(6-7)12(13)14)19(15,16)5-4-10/h2-3,6,11H,4-5H2,1H3. The maximum Gasteiger partial charge on any atom is 0.289 e. The Hall–Kier alpha value is -1.23. The third-order valence-electron chi connectivity index (χ3n) is 2.39. The normalized spacial score (nSPS) is 12.3. The van der Waals surface area contributed by atoms with E-state index in [1.807, 2.05) is 4.72 Å². The third-order valence-corrected chi connectivity index (χ3v) is 5.97. The Labute approximate surface area is 120 Å². The Bertz CT molecular complexity index is 729. The number of nitrogens with one attached hydrogen (secondary N) is 1. The van der Waals surface area contributed by atoms with Crippen molar-refractivity contribution in [1.29, 1.82) is 0 Å². The summed E-state index contributed by atoms with van der Waals surface area (Å²) in [5.74, 6) is -0.705. The van der Waals surface area contributed by atoms with Gasteiger partial charge in [0.25, 0.3) is 5.69 Å². The number of nitro benzene ring substituents is 1. The van der Waals surface area contributed by atoms with Gasteiger partial charge >= 0.3 is 0 Å². The Morgan fingerprint density at radius 3 is 2.35 bits per heavy atom. The molecule has 0 amide bonds. The summed E-state index contributed by atoms with van der Waals surface area (Å²) in [6.07, 6.45) is 0. The van der Waals surface area contributed by atoms with E-state index in [2.05, 4.69) is 0 Å². The first-order chi connectivity index (χ1) is 9.15. The van der Waals surface area contributed by atoms with Gasteiger partial charge in [0.2, 0.25) is 10.0 Å². The lowest BCUT2D eigenvalue weighted by Gasteiger charge is -2.06. The number of nitrogens with zero attached hydrogens (tertiary/aromatic N) is 1. The van der Waals surface area contributed by atoms with Crippen molar-refractivity contribution in [3.8, 4) is 0 Å². The molecule has 0 saturated heterocycles. The quantitative estimate of drug-likeness (QED) is 0.456. The molecule has 1 aromatic carbocycles. The number of hydrogen-bond donors (Lipinski definition) is 1. The van der Waals surface area contributed by atoms with Crippen LogP contribution in [0.25, 0.3) is 0 Å². The molecule has 0 unspecified atom stereocenters. The van der Waals surface area contributed by atoms with Gasteiger partial charge in [0.15, 0.2) is 9.84 Å². The van der Waals surface area contributed by atoms with Gasteiger partial charge in [-0.05, 0) is 19.2 Å². The topological polar surface area (TPSA) is 123 Å². The molecule has 0 aliphatic heterocycles. The Morgan fingerprint density at radius 2 is 1.90 bits per heavy atom. The lowest BCUT2D eigenvalue weighted by Crippen LogP contribution is -2.19. The molecular formula is C9H11ClN2O6S2. The van der Waals surface area contributed by atoms with Crippen molar-refractivity contribution in [2.75, 3.05) is 18.7 Å². The molecule has 0 fully saturated rings. The van der Waals surface area contributed by atoms with E-state index in [4.69, 9.17) is 11.6 Å². The van der Waals surface area contributed by atoms with Gasteiger partial charge in [0.05, 0.1) is 15.6 Å². The molecule has 112 valence electrons. The number of sulfone groups is 1. The van der Waals surface area contributed by atoms with Crippen LogP contribution < -0.4 is 4.72 Å². The summed E-state index contributed by atoms with van der Waals surface area (Å²) < 4.78 is 48.8. The van der Waals surface area contributed by atoms with E-state index < -0.39 is 46.0 Å². The fourth-order valence-corrected chi connectivity index (χ4v) is 3.91. The summed E-state index contributed by atoms with van der Waals surface area (Å²) in [7, 11) is -6.71. The molecule has 8 nitrogen and oxygen atoms in total. The van der Waals surface area contributed by atoms with Crippen LogP contribution in [-0.2, 0) is 19.9 Å². The van der Waals surface area contributed by atoms with Crippen LogP contribution in [0.2, 0.25) is 0 Å². The van der Waals surface area contributed by atoms with Crippen molar-refractivity contribution >= 4 is 37.1 Å². The second-order valence-corrected chi connectivity index (χ2v) is 7.94. The number of nitro groups is 1. The first-order valence-electron chi connectivity index (χ1n) is 5.16. The van der Waals surface area contributed by atoms with Crippen LogP contribution in [0.5, 0.6) is 0 Å². The average Bonchev–Trinajstić information content (AvgIpc) is 2.37. The summed E-state index contributed by atoms with van der Waals surface area (Å²) in [5, 5.41) is 10.9. The highest BCUT2D eigenvalue weighted by Gasteiger charge is 2.27. The first-order valence-corrected chi connectivity index (χ1v) is 8.83. The zero-order valence-electron chi connectivity index (χ0n) is 10.2. The molecule has 0 spiro atoms. The fourth-order valence-electron chi connectivity index (χ4n) is 1.40. The van der Waals surface area contributed by atoms with Gasteiger partial charge in [0, 0.05) is 11.9 Å². The minimum atomic E-state index is -3.94. The monoisotopic (exact) mass is 342 g/mol. The number of benzene rings is 1.